The van der Waals surface area contributed by atoms with Crippen molar-refractivity contribution in [3.8, 4) is 0 Å². The second kappa shape index (κ2) is 5.57. The van der Waals surface area contributed by atoms with Gasteiger partial charge in [0, 0.05) is 25.7 Å². The van der Waals surface area contributed by atoms with Crippen LogP contribution < -0.4 is 5.32 Å². The van der Waals surface area contributed by atoms with Crippen molar-refractivity contribution in [3.05, 3.63) is 0 Å². The molecule has 1 aliphatic carbocycles. The van der Waals surface area contributed by atoms with E-state index in [9.17, 15) is 4.79 Å². The molecule has 4 nitrogen and oxygen atoms in total. The fourth-order valence-electron chi connectivity index (χ4n) is 3.70. The summed E-state index contributed by atoms with van der Waals surface area (Å²) >= 11 is 0. The Bertz CT molecular complexity index is 286. The van der Waals surface area contributed by atoms with Gasteiger partial charge < -0.3 is 15.0 Å². The molecular formula is C14H24N2O2. The van der Waals surface area contributed by atoms with E-state index in [1.807, 2.05) is 4.90 Å². The van der Waals surface area contributed by atoms with Crippen LogP contribution in [-0.2, 0) is 9.53 Å². The number of nitrogens with one attached hydrogen (secondary N) is 1. The number of hydrogen-bond acceptors (Lipinski definition) is 3. The molecule has 18 heavy (non-hydrogen) atoms. The predicted molar refractivity (Wildman–Crippen MR) is 69.3 cm³/mol. The zero-order chi connectivity index (χ0) is 12.4. The van der Waals surface area contributed by atoms with Gasteiger partial charge in [-0.1, -0.05) is 12.8 Å². The highest BCUT2D eigenvalue weighted by Gasteiger charge is 2.39. The first-order chi connectivity index (χ1) is 8.84. The Morgan fingerprint density at radius 3 is 2.89 bits per heavy atom. The van der Waals surface area contributed by atoms with E-state index in [0.717, 1.165) is 38.5 Å². The molecule has 2 saturated heterocycles. The zero-order valence-corrected chi connectivity index (χ0v) is 11.1. The number of ether oxygens (including phenoxy) is 1. The van der Waals surface area contributed by atoms with E-state index >= 15 is 0 Å². The predicted octanol–water partition coefficient (Wildman–Crippen LogP) is 1.16. The first-order valence-electron chi connectivity index (χ1n) is 7.47. The van der Waals surface area contributed by atoms with E-state index in [4.69, 9.17) is 4.74 Å². The van der Waals surface area contributed by atoms with Gasteiger partial charge in [-0.25, -0.2) is 0 Å². The van der Waals surface area contributed by atoms with Gasteiger partial charge >= 0.3 is 0 Å². The van der Waals surface area contributed by atoms with Gasteiger partial charge in [-0.15, -0.1) is 0 Å². The molecule has 0 aromatic carbocycles. The van der Waals surface area contributed by atoms with Crippen molar-refractivity contribution in [1.82, 2.24) is 10.2 Å². The standard InChI is InChI=1S/C14H24N2O2/c17-14(16-6-3-8-18-9-7-16)13-10-11-4-1-2-5-12(11)15-13/h11-13,15H,1-10H2. The highest BCUT2D eigenvalue weighted by molar-refractivity contribution is 5.82. The number of fused-ring (bicyclic) bond motifs is 1. The third kappa shape index (κ3) is 2.54. The van der Waals surface area contributed by atoms with Gasteiger partial charge in [-0.05, 0) is 31.6 Å². The van der Waals surface area contributed by atoms with E-state index < -0.39 is 0 Å². The number of amides is 1. The molecule has 0 spiro atoms. The topological polar surface area (TPSA) is 41.6 Å². The maximum atomic E-state index is 12.5. The van der Waals surface area contributed by atoms with Crippen molar-refractivity contribution >= 4 is 5.91 Å². The lowest BCUT2D eigenvalue weighted by Gasteiger charge is -2.25. The summed E-state index contributed by atoms with van der Waals surface area (Å²) in [5.41, 5.74) is 0. The molecule has 3 atom stereocenters. The largest absolute Gasteiger partial charge is 0.380 e. The summed E-state index contributed by atoms with van der Waals surface area (Å²) in [6, 6.07) is 0.687. The van der Waals surface area contributed by atoms with Crippen LogP contribution in [0.2, 0.25) is 0 Å². The van der Waals surface area contributed by atoms with E-state index in [2.05, 4.69) is 5.32 Å². The van der Waals surface area contributed by atoms with E-state index in [1.54, 1.807) is 0 Å². The normalized spacial score (nSPS) is 37.1. The fraction of sp³-hybridized carbons (Fsp3) is 0.929. The maximum absolute atomic E-state index is 12.5. The summed E-state index contributed by atoms with van der Waals surface area (Å²) in [5, 5.41) is 3.58. The Kier molecular flexibility index (Phi) is 3.85. The fourth-order valence-corrected chi connectivity index (χ4v) is 3.70. The summed E-state index contributed by atoms with van der Waals surface area (Å²) in [4.78, 5) is 14.5. The van der Waals surface area contributed by atoms with Crippen LogP contribution >= 0.6 is 0 Å². The zero-order valence-electron chi connectivity index (χ0n) is 11.1. The summed E-state index contributed by atoms with van der Waals surface area (Å²) in [5.74, 6) is 1.06. The summed E-state index contributed by atoms with van der Waals surface area (Å²) < 4.78 is 5.42. The molecule has 0 radical (unpaired) electrons. The van der Waals surface area contributed by atoms with Crippen LogP contribution in [0.25, 0.3) is 0 Å². The number of carbonyl (C=O) groups excluding carboxylic acids is 1. The molecule has 4 heteroatoms. The van der Waals surface area contributed by atoms with Crippen molar-refractivity contribution < 1.29 is 9.53 Å². The van der Waals surface area contributed by atoms with E-state index in [1.165, 1.54) is 25.7 Å². The van der Waals surface area contributed by atoms with E-state index in [-0.39, 0.29) is 6.04 Å². The van der Waals surface area contributed by atoms with Gasteiger partial charge in [0.25, 0.3) is 0 Å². The lowest BCUT2D eigenvalue weighted by atomic mass is 9.85. The minimum Gasteiger partial charge on any atom is -0.380 e. The maximum Gasteiger partial charge on any atom is 0.239 e. The average molecular weight is 252 g/mol. The lowest BCUT2D eigenvalue weighted by molar-refractivity contribution is -0.133. The highest BCUT2D eigenvalue weighted by atomic mass is 16.5. The average Bonchev–Trinajstić information content (AvgIpc) is 2.64. The van der Waals surface area contributed by atoms with Gasteiger partial charge in [0.05, 0.1) is 12.6 Å². The van der Waals surface area contributed by atoms with Gasteiger partial charge in [0.2, 0.25) is 5.91 Å². The molecule has 2 heterocycles. The van der Waals surface area contributed by atoms with Gasteiger partial charge in [-0.2, -0.15) is 0 Å². The third-order valence-corrected chi connectivity index (χ3v) is 4.69. The molecule has 102 valence electrons. The molecule has 0 bridgehead atoms. The van der Waals surface area contributed by atoms with Crippen LogP contribution in [0.1, 0.15) is 38.5 Å². The number of rotatable bonds is 1. The van der Waals surface area contributed by atoms with Crippen LogP contribution in [0.3, 0.4) is 0 Å². The van der Waals surface area contributed by atoms with Crippen LogP contribution in [0.15, 0.2) is 0 Å². The molecule has 1 N–H and O–H groups in total. The molecule has 2 aliphatic heterocycles. The highest BCUT2D eigenvalue weighted by Crippen LogP contribution is 2.33. The van der Waals surface area contributed by atoms with Crippen LogP contribution in [-0.4, -0.2) is 49.2 Å². The minimum absolute atomic E-state index is 0.0798. The van der Waals surface area contributed by atoms with Crippen molar-refractivity contribution in [2.75, 3.05) is 26.3 Å². The first-order valence-corrected chi connectivity index (χ1v) is 7.47. The van der Waals surface area contributed by atoms with Crippen LogP contribution in [0.5, 0.6) is 0 Å². The molecule has 0 aromatic heterocycles. The minimum atomic E-state index is 0.0798. The number of carbonyl (C=O) groups is 1. The summed E-state index contributed by atoms with van der Waals surface area (Å²) in [6.45, 7) is 3.14. The second-order valence-electron chi connectivity index (χ2n) is 5.90. The third-order valence-electron chi connectivity index (χ3n) is 4.69. The van der Waals surface area contributed by atoms with Gasteiger partial charge in [0.15, 0.2) is 0 Å². The van der Waals surface area contributed by atoms with Crippen molar-refractivity contribution in [2.24, 2.45) is 5.92 Å². The first kappa shape index (κ1) is 12.4. The Balaban J connectivity index is 1.59. The Labute approximate surface area is 109 Å². The Hall–Kier alpha value is -0.610. The van der Waals surface area contributed by atoms with Crippen LogP contribution in [0, 0.1) is 5.92 Å². The monoisotopic (exact) mass is 252 g/mol. The van der Waals surface area contributed by atoms with Crippen molar-refractivity contribution in [3.63, 3.8) is 0 Å². The Morgan fingerprint density at radius 2 is 2.00 bits per heavy atom. The summed E-state index contributed by atoms with van der Waals surface area (Å²) in [7, 11) is 0. The van der Waals surface area contributed by atoms with Crippen molar-refractivity contribution in [1.29, 1.82) is 0 Å². The Morgan fingerprint density at radius 1 is 1.11 bits per heavy atom. The second-order valence-corrected chi connectivity index (χ2v) is 5.90. The van der Waals surface area contributed by atoms with E-state index in [0.29, 0.717) is 18.6 Å². The van der Waals surface area contributed by atoms with Crippen molar-refractivity contribution in [2.45, 2.75) is 50.6 Å². The molecule has 3 fully saturated rings. The molecular weight excluding hydrogens is 228 g/mol. The number of hydrogen-bond donors (Lipinski definition) is 1. The molecule has 3 unspecified atom stereocenters. The smallest absolute Gasteiger partial charge is 0.239 e. The molecule has 3 rings (SSSR count). The van der Waals surface area contributed by atoms with Gasteiger partial charge in [-0.3, -0.25) is 4.79 Å². The molecule has 0 aromatic rings. The SMILES string of the molecule is O=C(C1CC2CCCCC2N1)N1CCCOCC1. The van der Waals surface area contributed by atoms with Crippen LogP contribution in [0.4, 0.5) is 0 Å². The quantitative estimate of drug-likeness (QED) is 0.761. The summed E-state index contributed by atoms with van der Waals surface area (Å²) in [6.07, 6.45) is 7.28. The number of nitrogens with zero attached hydrogens (tertiary/aromatic N) is 1. The lowest BCUT2D eigenvalue weighted by Crippen LogP contribution is -2.46. The molecule has 3 aliphatic rings. The molecule has 1 saturated carbocycles. The molecule has 1 amide bonds. The van der Waals surface area contributed by atoms with Gasteiger partial charge in [0.1, 0.15) is 0 Å².